The first-order valence-corrected chi connectivity index (χ1v) is 4.20. The highest BCUT2D eigenvalue weighted by Gasteiger charge is 2.10. The number of nitrogens with two attached hydrogens (primary N) is 1. The number of aliphatic hydroxyl groups excluding tert-OH is 1. The van der Waals surface area contributed by atoms with Crippen LogP contribution >= 0.6 is 0 Å². The minimum Gasteiger partial charge on any atom is -0.481 e. The molecule has 1 atom stereocenters. The van der Waals surface area contributed by atoms with Crippen LogP contribution in [0.5, 0.6) is 5.88 Å². The molecule has 1 amide bonds. The van der Waals surface area contributed by atoms with Gasteiger partial charge in [0.1, 0.15) is 18.2 Å². The maximum atomic E-state index is 10.5. The number of nitrogens with one attached hydrogen (secondary N) is 1. The number of methoxy groups -OCH3 is 1. The van der Waals surface area contributed by atoms with Crippen LogP contribution in [0.2, 0.25) is 0 Å². The van der Waals surface area contributed by atoms with Gasteiger partial charge in [0.25, 0.3) is 0 Å². The number of carbonyl (C=O) groups is 1. The minimum atomic E-state index is -1.24. The summed E-state index contributed by atoms with van der Waals surface area (Å²) in [6, 6.07) is 1.54. The normalized spacial score (nSPS) is 11.9. The Bertz CT molecular complexity index is 344. The number of nitrogens with zero attached hydrogens (tertiary/aromatic N) is 2. The fraction of sp³-hybridized carbons (Fsp3) is 0.375. The lowest BCUT2D eigenvalue weighted by molar-refractivity contribution is -0.125. The van der Waals surface area contributed by atoms with Gasteiger partial charge in [-0.15, -0.1) is 0 Å². The van der Waals surface area contributed by atoms with Gasteiger partial charge >= 0.3 is 0 Å². The van der Waals surface area contributed by atoms with Crippen molar-refractivity contribution in [3.05, 3.63) is 12.4 Å². The SMILES string of the molecule is COc1cc(NCC(O)C(N)=O)ncn1. The summed E-state index contributed by atoms with van der Waals surface area (Å²) in [5.41, 5.74) is 4.87. The molecule has 0 spiro atoms. The number of aliphatic hydroxyl groups is 1. The van der Waals surface area contributed by atoms with Crippen LogP contribution in [0.25, 0.3) is 0 Å². The van der Waals surface area contributed by atoms with Crippen LogP contribution in [-0.4, -0.2) is 40.7 Å². The highest BCUT2D eigenvalue weighted by Crippen LogP contribution is 2.09. The molecule has 0 saturated carbocycles. The summed E-state index contributed by atoms with van der Waals surface area (Å²) in [6.07, 6.45) is 0.0589. The van der Waals surface area contributed by atoms with Crippen LogP contribution in [0.4, 0.5) is 5.82 Å². The molecule has 1 heterocycles. The summed E-state index contributed by atoms with van der Waals surface area (Å²) in [5, 5.41) is 11.8. The largest absolute Gasteiger partial charge is 0.481 e. The standard InChI is InChI=1S/C8H12N4O3/c1-15-7-2-6(11-4-12-7)10-3-5(13)8(9)14/h2,4-5,13H,3H2,1H3,(H2,9,14)(H,10,11,12). The maximum absolute atomic E-state index is 10.5. The number of hydrogen-bond acceptors (Lipinski definition) is 6. The van der Waals surface area contributed by atoms with Gasteiger partial charge in [-0.3, -0.25) is 4.79 Å². The smallest absolute Gasteiger partial charge is 0.248 e. The summed E-state index contributed by atoms with van der Waals surface area (Å²) in [7, 11) is 1.48. The Morgan fingerprint density at radius 3 is 3.07 bits per heavy atom. The number of primary amides is 1. The van der Waals surface area contributed by atoms with Gasteiger partial charge < -0.3 is 20.9 Å². The molecule has 0 saturated heterocycles. The molecule has 7 heteroatoms. The van der Waals surface area contributed by atoms with E-state index in [-0.39, 0.29) is 6.54 Å². The molecule has 1 aromatic heterocycles. The number of carbonyl (C=O) groups excluding carboxylic acids is 1. The third kappa shape index (κ3) is 3.39. The first kappa shape index (κ1) is 11.2. The maximum Gasteiger partial charge on any atom is 0.248 e. The predicted octanol–water partition coefficient (Wildman–Crippen LogP) is -1.26. The van der Waals surface area contributed by atoms with Crippen molar-refractivity contribution in [2.75, 3.05) is 19.0 Å². The van der Waals surface area contributed by atoms with E-state index in [9.17, 15) is 4.79 Å². The number of anilines is 1. The number of hydrogen-bond donors (Lipinski definition) is 3. The second-order valence-electron chi connectivity index (χ2n) is 2.74. The van der Waals surface area contributed by atoms with Crippen LogP contribution < -0.4 is 15.8 Å². The van der Waals surface area contributed by atoms with Crippen LogP contribution in [0, 0.1) is 0 Å². The second-order valence-corrected chi connectivity index (χ2v) is 2.74. The lowest BCUT2D eigenvalue weighted by Crippen LogP contribution is -2.34. The number of aromatic nitrogens is 2. The average molecular weight is 212 g/mol. The molecule has 0 aliphatic carbocycles. The van der Waals surface area contributed by atoms with E-state index in [0.717, 1.165) is 0 Å². The van der Waals surface area contributed by atoms with Crippen molar-refractivity contribution in [1.29, 1.82) is 0 Å². The summed E-state index contributed by atoms with van der Waals surface area (Å²) >= 11 is 0. The van der Waals surface area contributed by atoms with Crippen molar-refractivity contribution >= 4 is 11.7 Å². The topological polar surface area (TPSA) is 110 Å². The van der Waals surface area contributed by atoms with Gasteiger partial charge in [-0.2, -0.15) is 0 Å². The van der Waals surface area contributed by atoms with E-state index in [1.165, 1.54) is 19.5 Å². The zero-order chi connectivity index (χ0) is 11.3. The highest BCUT2D eigenvalue weighted by molar-refractivity contribution is 5.79. The fourth-order valence-corrected chi connectivity index (χ4v) is 0.850. The quantitative estimate of drug-likeness (QED) is 0.562. The fourth-order valence-electron chi connectivity index (χ4n) is 0.850. The van der Waals surface area contributed by atoms with E-state index in [1.54, 1.807) is 0 Å². The molecule has 0 aliphatic rings. The van der Waals surface area contributed by atoms with E-state index in [0.29, 0.717) is 11.7 Å². The van der Waals surface area contributed by atoms with Crippen molar-refractivity contribution in [3.8, 4) is 5.88 Å². The predicted molar refractivity (Wildman–Crippen MR) is 52.3 cm³/mol. The van der Waals surface area contributed by atoms with Gasteiger partial charge in [0.2, 0.25) is 11.8 Å². The van der Waals surface area contributed by atoms with Gasteiger partial charge in [0.15, 0.2) is 0 Å². The van der Waals surface area contributed by atoms with E-state index in [2.05, 4.69) is 15.3 Å². The van der Waals surface area contributed by atoms with Crippen molar-refractivity contribution in [2.24, 2.45) is 5.73 Å². The second kappa shape index (κ2) is 5.11. The number of ether oxygens (including phenoxy) is 1. The molecule has 0 radical (unpaired) electrons. The molecule has 0 fully saturated rings. The Labute approximate surface area is 86.3 Å². The molecule has 1 unspecified atom stereocenters. The first-order valence-electron chi connectivity index (χ1n) is 4.20. The van der Waals surface area contributed by atoms with Gasteiger partial charge in [-0.05, 0) is 0 Å². The van der Waals surface area contributed by atoms with Crippen LogP contribution in [-0.2, 0) is 4.79 Å². The Morgan fingerprint density at radius 1 is 1.73 bits per heavy atom. The van der Waals surface area contributed by atoms with Crippen molar-refractivity contribution < 1.29 is 14.6 Å². The number of amides is 1. The molecule has 0 aromatic carbocycles. The summed E-state index contributed by atoms with van der Waals surface area (Å²) in [4.78, 5) is 18.2. The molecule has 1 rings (SSSR count). The van der Waals surface area contributed by atoms with Gasteiger partial charge in [0.05, 0.1) is 13.7 Å². The zero-order valence-corrected chi connectivity index (χ0v) is 8.17. The monoisotopic (exact) mass is 212 g/mol. The minimum absolute atomic E-state index is 0.00446. The summed E-state index contributed by atoms with van der Waals surface area (Å²) in [6.45, 7) is -0.00446. The molecule has 4 N–H and O–H groups in total. The highest BCUT2D eigenvalue weighted by atomic mass is 16.5. The third-order valence-corrected chi connectivity index (χ3v) is 1.66. The average Bonchev–Trinajstić information content (AvgIpc) is 2.26. The van der Waals surface area contributed by atoms with Crippen LogP contribution in [0.1, 0.15) is 0 Å². The molecule has 15 heavy (non-hydrogen) atoms. The van der Waals surface area contributed by atoms with E-state index in [1.807, 2.05) is 0 Å². The molecule has 0 aliphatic heterocycles. The Hall–Kier alpha value is -1.89. The van der Waals surface area contributed by atoms with Crippen molar-refractivity contribution in [2.45, 2.75) is 6.10 Å². The lowest BCUT2D eigenvalue weighted by atomic mass is 10.3. The van der Waals surface area contributed by atoms with Crippen molar-refractivity contribution in [3.63, 3.8) is 0 Å². The molecule has 1 aromatic rings. The van der Waals surface area contributed by atoms with E-state index in [4.69, 9.17) is 15.6 Å². The Balaban J connectivity index is 2.53. The summed E-state index contributed by atoms with van der Waals surface area (Å²) < 4.78 is 4.86. The van der Waals surface area contributed by atoms with E-state index < -0.39 is 12.0 Å². The Morgan fingerprint density at radius 2 is 2.47 bits per heavy atom. The van der Waals surface area contributed by atoms with E-state index >= 15 is 0 Å². The van der Waals surface area contributed by atoms with Crippen molar-refractivity contribution in [1.82, 2.24) is 9.97 Å². The van der Waals surface area contributed by atoms with Gasteiger partial charge in [-0.25, -0.2) is 9.97 Å². The third-order valence-electron chi connectivity index (χ3n) is 1.66. The lowest BCUT2D eigenvalue weighted by Gasteiger charge is -2.08. The molecule has 82 valence electrons. The van der Waals surface area contributed by atoms with Gasteiger partial charge in [-0.1, -0.05) is 0 Å². The van der Waals surface area contributed by atoms with Crippen LogP contribution in [0.15, 0.2) is 12.4 Å². The summed E-state index contributed by atoms with van der Waals surface area (Å²) in [5.74, 6) is 0.0479. The molecular formula is C8H12N4O3. The first-order chi connectivity index (χ1) is 7.13. The molecule has 7 nitrogen and oxygen atoms in total. The Kier molecular flexibility index (Phi) is 3.81. The van der Waals surface area contributed by atoms with Crippen LogP contribution in [0.3, 0.4) is 0 Å². The molecule has 0 bridgehead atoms. The number of rotatable bonds is 5. The zero-order valence-electron chi connectivity index (χ0n) is 8.17. The molecular weight excluding hydrogens is 200 g/mol. The van der Waals surface area contributed by atoms with Gasteiger partial charge in [0, 0.05) is 6.07 Å².